The Labute approximate surface area is 265 Å². The monoisotopic (exact) mass is 609 g/mol. The topological polar surface area (TPSA) is 97.7 Å². The van der Waals surface area contributed by atoms with Crippen molar-refractivity contribution in [3.63, 3.8) is 0 Å². The van der Waals surface area contributed by atoms with Crippen LogP contribution in [0.4, 0.5) is 16.3 Å². The Bertz CT molecular complexity index is 1600. The van der Waals surface area contributed by atoms with Crippen LogP contribution < -0.4 is 20.1 Å². The van der Waals surface area contributed by atoms with Gasteiger partial charge < -0.3 is 19.7 Å². The molecule has 3 amide bonds. The third-order valence-corrected chi connectivity index (χ3v) is 8.10. The zero-order valence-corrected chi connectivity index (χ0v) is 26.8. The molecule has 0 saturated carbocycles. The highest BCUT2D eigenvalue weighted by Gasteiger charge is 2.24. The number of aryl methyl sites for hydroxylation is 1. The SMILES string of the molecule is COc1ccc(OCC(=O)N2CCC(Cc3cccc(NC(=O)Nc4cc(C(C)(C)C)nn4-c4ccc(C)cc4)c3)CC2)cc1. The van der Waals surface area contributed by atoms with Crippen molar-refractivity contribution in [3.8, 4) is 17.2 Å². The summed E-state index contributed by atoms with van der Waals surface area (Å²) in [6.45, 7) is 9.79. The van der Waals surface area contributed by atoms with Gasteiger partial charge in [0.05, 0.1) is 18.5 Å². The van der Waals surface area contributed by atoms with E-state index in [1.807, 2.05) is 72.5 Å². The summed E-state index contributed by atoms with van der Waals surface area (Å²) in [6, 6.07) is 24.9. The maximum Gasteiger partial charge on any atom is 0.324 e. The Morgan fingerprint density at radius 1 is 0.911 bits per heavy atom. The average molecular weight is 610 g/mol. The van der Waals surface area contributed by atoms with Crippen LogP contribution in [0.25, 0.3) is 5.69 Å². The number of carbonyl (C=O) groups is 2. The number of likely N-dealkylation sites (tertiary alicyclic amines) is 1. The molecule has 0 bridgehead atoms. The highest BCUT2D eigenvalue weighted by atomic mass is 16.5. The van der Waals surface area contributed by atoms with E-state index in [0.29, 0.717) is 30.6 Å². The van der Waals surface area contributed by atoms with Gasteiger partial charge in [-0.15, -0.1) is 0 Å². The van der Waals surface area contributed by atoms with Crippen LogP contribution in [0.15, 0.2) is 78.9 Å². The van der Waals surface area contributed by atoms with Gasteiger partial charge in [0.25, 0.3) is 5.91 Å². The summed E-state index contributed by atoms with van der Waals surface area (Å²) in [4.78, 5) is 27.7. The van der Waals surface area contributed by atoms with Crippen molar-refractivity contribution in [2.45, 2.75) is 52.4 Å². The van der Waals surface area contributed by atoms with Crippen molar-refractivity contribution in [2.75, 3.05) is 37.4 Å². The Morgan fingerprint density at radius 3 is 2.27 bits per heavy atom. The van der Waals surface area contributed by atoms with Crippen molar-refractivity contribution >= 4 is 23.4 Å². The lowest BCUT2D eigenvalue weighted by atomic mass is 9.90. The summed E-state index contributed by atoms with van der Waals surface area (Å²) in [6.07, 6.45) is 2.73. The smallest absolute Gasteiger partial charge is 0.324 e. The molecule has 0 spiro atoms. The van der Waals surface area contributed by atoms with Crippen LogP contribution in [-0.2, 0) is 16.6 Å². The van der Waals surface area contributed by atoms with Crippen LogP contribution >= 0.6 is 0 Å². The van der Waals surface area contributed by atoms with Crippen molar-refractivity contribution in [1.29, 1.82) is 0 Å². The van der Waals surface area contributed by atoms with Gasteiger partial charge in [0.2, 0.25) is 0 Å². The molecule has 9 nitrogen and oxygen atoms in total. The van der Waals surface area contributed by atoms with Gasteiger partial charge in [-0.25, -0.2) is 9.48 Å². The van der Waals surface area contributed by atoms with Gasteiger partial charge in [-0.1, -0.05) is 50.6 Å². The van der Waals surface area contributed by atoms with Crippen molar-refractivity contribution in [3.05, 3.63) is 95.7 Å². The van der Waals surface area contributed by atoms with Crippen LogP contribution in [0.2, 0.25) is 0 Å². The quantitative estimate of drug-likeness (QED) is 0.213. The first-order valence-corrected chi connectivity index (χ1v) is 15.5. The number of rotatable bonds is 9. The number of aromatic nitrogens is 2. The molecule has 9 heteroatoms. The van der Waals surface area contributed by atoms with E-state index in [4.69, 9.17) is 14.6 Å². The highest BCUT2D eigenvalue weighted by molar-refractivity contribution is 5.99. The fourth-order valence-corrected chi connectivity index (χ4v) is 5.40. The molecule has 1 saturated heterocycles. The van der Waals surface area contributed by atoms with E-state index in [1.54, 1.807) is 23.9 Å². The molecule has 45 heavy (non-hydrogen) atoms. The first kappa shape index (κ1) is 31.6. The second-order valence-electron chi connectivity index (χ2n) is 12.7. The molecule has 0 atom stereocenters. The Hall–Kier alpha value is -4.79. The number of hydrogen-bond acceptors (Lipinski definition) is 5. The number of nitrogens with one attached hydrogen (secondary N) is 2. The normalized spacial score (nSPS) is 13.8. The minimum Gasteiger partial charge on any atom is -0.497 e. The lowest BCUT2D eigenvalue weighted by molar-refractivity contribution is -0.134. The van der Waals surface area contributed by atoms with Gasteiger partial charge in [-0.05, 0) is 86.2 Å². The summed E-state index contributed by atoms with van der Waals surface area (Å²) in [7, 11) is 1.61. The van der Waals surface area contributed by atoms with Gasteiger partial charge in [-0.2, -0.15) is 5.10 Å². The summed E-state index contributed by atoms with van der Waals surface area (Å²) >= 11 is 0. The Morgan fingerprint density at radius 2 is 1.60 bits per heavy atom. The lowest BCUT2D eigenvalue weighted by Crippen LogP contribution is -2.41. The van der Waals surface area contributed by atoms with E-state index in [2.05, 4.69) is 37.5 Å². The molecule has 0 aliphatic carbocycles. The number of piperidine rings is 1. The predicted molar refractivity (Wildman–Crippen MR) is 178 cm³/mol. The first-order chi connectivity index (χ1) is 21.6. The molecule has 3 aromatic carbocycles. The van der Waals surface area contributed by atoms with Crippen LogP contribution in [0.3, 0.4) is 0 Å². The van der Waals surface area contributed by atoms with E-state index >= 15 is 0 Å². The number of methoxy groups -OCH3 is 1. The fourth-order valence-electron chi connectivity index (χ4n) is 5.40. The van der Waals surface area contributed by atoms with Crippen LogP contribution in [0.1, 0.15) is 50.4 Å². The van der Waals surface area contributed by atoms with Gasteiger partial charge in [0.1, 0.15) is 17.3 Å². The Kier molecular flexibility index (Phi) is 9.76. The summed E-state index contributed by atoms with van der Waals surface area (Å²) in [5.74, 6) is 2.46. The maximum absolute atomic E-state index is 13.1. The zero-order valence-electron chi connectivity index (χ0n) is 26.8. The largest absolute Gasteiger partial charge is 0.497 e. The summed E-state index contributed by atoms with van der Waals surface area (Å²) in [5.41, 5.74) is 4.63. The third-order valence-electron chi connectivity index (χ3n) is 8.10. The molecule has 2 heterocycles. The number of anilines is 2. The standard InChI is InChI=1S/C36H43N5O4/c1-25-9-11-29(12-10-25)41-33(23-32(39-41)36(2,3)4)38-35(43)37-28-8-6-7-27(22-28)21-26-17-19-40(20-18-26)34(42)24-45-31-15-13-30(44-5)14-16-31/h6-16,22-23,26H,17-21,24H2,1-5H3,(H2,37,38,43). The number of urea groups is 1. The second-order valence-corrected chi connectivity index (χ2v) is 12.7. The molecule has 4 aromatic rings. The number of benzene rings is 3. The van der Waals surface area contributed by atoms with Crippen molar-refractivity contribution < 1.29 is 19.1 Å². The molecule has 1 aromatic heterocycles. The van der Waals surface area contributed by atoms with E-state index in [-0.39, 0.29) is 24.0 Å². The number of amides is 3. The first-order valence-electron chi connectivity index (χ1n) is 15.5. The molecule has 0 unspecified atom stereocenters. The van der Waals surface area contributed by atoms with Crippen molar-refractivity contribution in [2.24, 2.45) is 5.92 Å². The second kappa shape index (κ2) is 13.9. The number of nitrogens with zero attached hydrogens (tertiary/aromatic N) is 3. The number of hydrogen-bond donors (Lipinski definition) is 2. The average Bonchev–Trinajstić information content (AvgIpc) is 3.45. The molecular weight excluding hydrogens is 566 g/mol. The van der Waals surface area contributed by atoms with E-state index in [9.17, 15) is 9.59 Å². The molecule has 236 valence electrons. The molecule has 5 rings (SSSR count). The van der Waals surface area contributed by atoms with Crippen LogP contribution in [0.5, 0.6) is 11.5 Å². The predicted octanol–water partition coefficient (Wildman–Crippen LogP) is 6.99. The van der Waals surface area contributed by atoms with Crippen LogP contribution in [0, 0.1) is 12.8 Å². The minimum atomic E-state index is -0.329. The third kappa shape index (κ3) is 8.44. The Balaban J connectivity index is 1.14. The minimum absolute atomic E-state index is 0.000167. The highest BCUT2D eigenvalue weighted by Crippen LogP contribution is 2.27. The number of carbonyl (C=O) groups excluding carboxylic acids is 2. The molecular formula is C36H43N5O4. The maximum atomic E-state index is 13.1. The van der Waals surface area contributed by atoms with Crippen LogP contribution in [-0.4, -0.2) is 53.4 Å². The van der Waals surface area contributed by atoms with Gasteiger partial charge in [0, 0.05) is 30.3 Å². The lowest BCUT2D eigenvalue weighted by Gasteiger charge is -2.32. The van der Waals surface area contributed by atoms with Gasteiger partial charge >= 0.3 is 6.03 Å². The molecule has 2 N–H and O–H groups in total. The van der Waals surface area contributed by atoms with E-state index in [1.165, 1.54) is 0 Å². The van der Waals surface area contributed by atoms with E-state index < -0.39 is 0 Å². The summed E-state index contributed by atoms with van der Waals surface area (Å²) in [5, 5.41) is 10.8. The van der Waals surface area contributed by atoms with Crippen molar-refractivity contribution in [1.82, 2.24) is 14.7 Å². The molecule has 1 aliphatic heterocycles. The molecule has 1 aliphatic rings. The van der Waals surface area contributed by atoms with Gasteiger partial charge in [-0.3, -0.25) is 10.1 Å². The fraction of sp³-hybridized carbons (Fsp3) is 0.361. The zero-order chi connectivity index (χ0) is 32.0. The van der Waals surface area contributed by atoms with E-state index in [0.717, 1.165) is 53.2 Å². The molecule has 1 fully saturated rings. The number of ether oxygens (including phenoxy) is 2. The summed E-state index contributed by atoms with van der Waals surface area (Å²) < 4.78 is 12.6. The molecule has 0 radical (unpaired) electrons. The van der Waals surface area contributed by atoms with Gasteiger partial charge in [0.15, 0.2) is 6.61 Å².